The maximum atomic E-state index is 11.6. The van der Waals surface area contributed by atoms with Crippen LogP contribution in [-0.4, -0.2) is 18.9 Å². The highest BCUT2D eigenvalue weighted by atomic mass is 16.1. The first kappa shape index (κ1) is 15.2. The van der Waals surface area contributed by atoms with Crippen LogP contribution in [-0.2, 0) is 0 Å². The topological polar surface area (TPSA) is 44.1 Å². The van der Waals surface area contributed by atoms with Crippen LogP contribution in [0.4, 0.5) is 5.69 Å². The largest absolute Gasteiger partial charge is 0.370 e. The molecule has 1 aromatic carbocycles. The van der Waals surface area contributed by atoms with Crippen LogP contribution in [0.3, 0.4) is 0 Å². The van der Waals surface area contributed by atoms with E-state index in [9.17, 15) is 4.79 Å². The molecule has 0 fully saturated rings. The lowest BCUT2D eigenvalue weighted by atomic mass is 10.1. The number of nitriles is 1. The average Bonchev–Trinajstić information content (AvgIpc) is 2.42. The minimum atomic E-state index is 0.166. The third-order valence-corrected chi connectivity index (χ3v) is 2.95. The Hall–Kier alpha value is -1.82. The van der Waals surface area contributed by atoms with Gasteiger partial charge in [0.2, 0.25) is 0 Å². The molecule has 0 amide bonds. The molecule has 0 aliphatic heterocycles. The average molecular weight is 258 g/mol. The Labute approximate surface area is 115 Å². The minimum absolute atomic E-state index is 0.166. The summed E-state index contributed by atoms with van der Waals surface area (Å²) >= 11 is 0. The highest BCUT2D eigenvalue weighted by Gasteiger charge is 2.09. The van der Waals surface area contributed by atoms with Gasteiger partial charge in [-0.05, 0) is 30.2 Å². The first-order valence-electron chi connectivity index (χ1n) is 6.83. The van der Waals surface area contributed by atoms with Crippen LogP contribution >= 0.6 is 0 Å². The van der Waals surface area contributed by atoms with Gasteiger partial charge in [0.15, 0.2) is 5.78 Å². The molecule has 0 radical (unpaired) electrons. The predicted octanol–water partition coefficient (Wildman–Crippen LogP) is 3.66. The molecule has 102 valence electrons. The van der Waals surface area contributed by atoms with E-state index >= 15 is 0 Å². The molecular formula is C16H22N2O. The van der Waals surface area contributed by atoms with Crippen LogP contribution in [0.15, 0.2) is 24.3 Å². The molecule has 0 heterocycles. The second-order valence-electron chi connectivity index (χ2n) is 5.07. The predicted molar refractivity (Wildman–Crippen MR) is 78.3 cm³/mol. The second-order valence-corrected chi connectivity index (χ2v) is 5.07. The quantitative estimate of drug-likeness (QED) is 0.701. The summed E-state index contributed by atoms with van der Waals surface area (Å²) in [5.41, 5.74) is 1.84. The second kappa shape index (κ2) is 7.58. The van der Waals surface area contributed by atoms with Crippen molar-refractivity contribution in [2.45, 2.75) is 33.6 Å². The van der Waals surface area contributed by atoms with Gasteiger partial charge in [-0.25, -0.2) is 0 Å². The Kier molecular flexibility index (Phi) is 6.08. The monoisotopic (exact) mass is 258 g/mol. The fraction of sp³-hybridized carbons (Fsp3) is 0.500. The number of rotatable bonds is 7. The summed E-state index contributed by atoms with van der Waals surface area (Å²) < 4.78 is 0. The van der Waals surface area contributed by atoms with Gasteiger partial charge in [0.1, 0.15) is 0 Å². The lowest BCUT2D eigenvalue weighted by Gasteiger charge is -2.26. The molecule has 19 heavy (non-hydrogen) atoms. The number of ketones is 1. The van der Waals surface area contributed by atoms with Crippen molar-refractivity contribution in [1.29, 1.82) is 5.26 Å². The van der Waals surface area contributed by atoms with Crippen LogP contribution in [0.1, 0.15) is 44.0 Å². The van der Waals surface area contributed by atoms with Crippen molar-refractivity contribution >= 4 is 11.5 Å². The Morgan fingerprint density at radius 3 is 2.42 bits per heavy atom. The molecule has 0 unspecified atom stereocenters. The normalized spacial score (nSPS) is 10.3. The molecule has 0 atom stereocenters. The van der Waals surface area contributed by atoms with Gasteiger partial charge in [0, 0.05) is 30.8 Å². The lowest BCUT2D eigenvalue weighted by Crippen LogP contribution is -2.28. The molecule has 0 aliphatic rings. The zero-order valence-electron chi connectivity index (χ0n) is 12.0. The van der Waals surface area contributed by atoms with Crippen LogP contribution in [0.25, 0.3) is 0 Å². The molecule has 0 saturated heterocycles. The number of anilines is 1. The van der Waals surface area contributed by atoms with Crippen LogP contribution < -0.4 is 4.90 Å². The molecule has 0 aromatic heterocycles. The first-order valence-corrected chi connectivity index (χ1v) is 6.83. The third-order valence-electron chi connectivity index (χ3n) is 2.95. The standard InChI is InChI=1S/C16H22N2O/c1-4-16(19)14-6-8-15(9-7-14)18(11-5-10-17)12-13(2)3/h6-9,13H,4-5,11-12H2,1-3H3. The zero-order chi connectivity index (χ0) is 14.3. The summed E-state index contributed by atoms with van der Waals surface area (Å²) in [6.07, 6.45) is 1.05. The van der Waals surface area contributed by atoms with E-state index < -0.39 is 0 Å². The van der Waals surface area contributed by atoms with E-state index in [1.54, 1.807) is 0 Å². The number of hydrogen-bond acceptors (Lipinski definition) is 3. The molecule has 0 bridgehead atoms. The summed E-state index contributed by atoms with van der Waals surface area (Å²) in [6.45, 7) is 7.84. The minimum Gasteiger partial charge on any atom is -0.370 e. The number of benzene rings is 1. The highest BCUT2D eigenvalue weighted by molar-refractivity contribution is 5.96. The summed E-state index contributed by atoms with van der Waals surface area (Å²) in [4.78, 5) is 13.8. The van der Waals surface area contributed by atoms with E-state index in [0.29, 0.717) is 18.8 Å². The summed E-state index contributed by atoms with van der Waals surface area (Å²) in [7, 11) is 0. The number of hydrogen-bond donors (Lipinski definition) is 0. The Balaban J connectivity index is 2.84. The molecule has 0 saturated carbocycles. The van der Waals surface area contributed by atoms with E-state index in [0.717, 1.165) is 24.3 Å². The van der Waals surface area contributed by atoms with Gasteiger partial charge in [-0.1, -0.05) is 20.8 Å². The first-order chi connectivity index (χ1) is 9.08. The number of carbonyl (C=O) groups is 1. The molecule has 0 aliphatic carbocycles. The van der Waals surface area contributed by atoms with Gasteiger partial charge in [0.25, 0.3) is 0 Å². The Morgan fingerprint density at radius 1 is 1.32 bits per heavy atom. The van der Waals surface area contributed by atoms with E-state index in [1.807, 2.05) is 31.2 Å². The summed E-state index contributed by atoms with van der Waals surface area (Å²) in [5, 5.41) is 8.72. The van der Waals surface area contributed by atoms with Crippen LogP contribution in [0.5, 0.6) is 0 Å². The number of nitrogens with zero attached hydrogens (tertiary/aromatic N) is 2. The zero-order valence-corrected chi connectivity index (χ0v) is 12.0. The SMILES string of the molecule is CCC(=O)c1ccc(N(CCC#N)CC(C)C)cc1. The van der Waals surface area contributed by atoms with Crippen molar-refractivity contribution in [3.8, 4) is 6.07 Å². The van der Waals surface area contributed by atoms with Crippen LogP contribution in [0.2, 0.25) is 0 Å². The maximum Gasteiger partial charge on any atom is 0.162 e. The van der Waals surface area contributed by atoms with Crippen molar-refractivity contribution in [2.24, 2.45) is 5.92 Å². The molecule has 1 aromatic rings. The van der Waals surface area contributed by atoms with Gasteiger partial charge < -0.3 is 4.90 Å². The molecule has 0 N–H and O–H groups in total. The van der Waals surface area contributed by atoms with E-state index in [-0.39, 0.29) is 5.78 Å². The smallest absolute Gasteiger partial charge is 0.162 e. The number of carbonyl (C=O) groups excluding carboxylic acids is 1. The fourth-order valence-electron chi connectivity index (χ4n) is 2.01. The van der Waals surface area contributed by atoms with Gasteiger partial charge in [0.05, 0.1) is 12.5 Å². The molecule has 3 nitrogen and oxygen atoms in total. The third kappa shape index (κ3) is 4.75. The summed E-state index contributed by atoms with van der Waals surface area (Å²) in [6, 6.07) is 9.89. The Bertz CT molecular complexity index is 443. The molecular weight excluding hydrogens is 236 g/mol. The van der Waals surface area contributed by atoms with Crippen molar-refractivity contribution in [3.05, 3.63) is 29.8 Å². The Morgan fingerprint density at radius 2 is 1.95 bits per heavy atom. The van der Waals surface area contributed by atoms with Crippen molar-refractivity contribution < 1.29 is 4.79 Å². The lowest BCUT2D eigenvalue weighted by molar-refractivity contribution is 0.0988. The van der Waals surface area contributed by atoms with E-state index in [1.165, 1.54) is 0 Å². The molecule has 0 spiro atoms. The van der Waals surface area contributed by atoms with Gasteiger partial charge in [-0.15, -0.1) is 0 Å². The molecule has 1 rings (SSSR count). The fourth-order valence-corrected chi connectivity index (χ4v) is 2.01. The van der Waals surface area contributed by atoms with E-state index in [2.05, 4.69) is 24.8 Å². The van der Waals surface area contributed by atoms with Crippen molar-refractivity contribution in [3.63, 3.8) is 0 Å². The van der Waals surface area contributed by atoms with Crippen molar-refractivity contribution in [2.75, 3.05) is 18.0 Å². The van der Waals surface area contributed by atoms with Gasteiger partial charge in [-0.2, -0.15) is 5.26 Å². The van der Waals surface area contributed by atoms with Gasteiger partial charge in [-0.3, -0.25) is 4.79 Å². The van der Waals surface area contributed by atoms with Crippen molar-refractivity contribution in [1.82, 2.24) is 0 Å². The number of Topliss-reactive ketones (excluding diaryl/α,β-unsaturated/α-hetero) is 1. The van der Waals surface area contributed by atoms with Crippen LogP contribution in [0, 0.1) is 17.2 Å². The molecule has 3 heteroatoms. The highest BCUT2D eigenvalue weighted by Crippen LogP contribution is 2.18. The van der Waals surface area contributed by atoms with Gasteiger partial charge >= 0.3 is 0 Å². The van der Waals surface area contributed by atoms with E-state index in [4.69, 9.17) is 5.26 Å². The maximum absolute atomic E-state index is 11.6. The summed E-state index contributed by atoms with van der Waals surface area (Å²) in [5.74, 6) is 0.703.